The van der Waals surface area contributed by atoms with Crippen molar-refractivity contribution >= 4 is 27.8 Å². The highest BCUT2D eigenvalue weighted by Gasteiger charge is 2.29. The van der Waals surface area contributed by atoms with Crippen LogP contribution in [0.4, 0.5) is 5.82 Å². The van der Waals surface area contributed by atoms with Crippen molar-refractivity contribution in [1.29, 1.82) is 0 Å². The molecule has 0 radical (unpaired) electrons. The Morgan fingerprint density at radius 1 is 0.971 bits per heavy atom. The Morgan fingerprint density at radius 3 is 2.74 bits per heavy atom. The SMILES string of the molecule is OCC1CCCN1Cc1ccc(OC[C@H]2CCCN2c2ncnc3nc[nH]c23)c2ccccc12. The summed E-state index contributed by atoms with van der Waals surface area (Å²) >= 11 is 0. The number of anilines is 1. The van der Waals surface area contributed by atoms with Gasteiger partial charge in [0.2, 0.25) is 0 Å². The molecule has 2 aromatic heterocycles. The summed E-state index contributed by atoms with van der Waals surface area (Å²) < 4.78 is 6.45. The van der Waals surface area contributed by atoms with Crippen LogP contribution in [0.25, 0.3) is 21.9 Å². The fourth-order valence-electron chi connectivity index (χ4n) is 5.57. The topological polar surface area (TPSA) is 90.4 Å². The summed E-state index contributed by atoms with van der Waals surface area (Å²) in [6.07, 6.45) is 7.65. The van der Waals surface area contributed by atoms with Crippen LogP contribution in [-0.4, -0.2) is 68.3 Å². The molecule has 0 bridgehead atoms. The van der Waals surface area contributed by atoms with Gasteiger partial charge in [0.1, 0.15) is 24.2 Å². The summed E-state index contributed by atoms with van der Waals surface area (Å²) in [4.78, 5) is 21.0. The predicted molar refractivity (Wildman–Crippen MR) is 132 cm³/mol. The Bertz CT molecular complexity index is 1290. The minimum Gasteiger partial charge on any atom is -0.491 e. The van der Waals surface area contributed by atoms with Crippen molar-refractivity contribution in [3.63, 3.8) is 0 Å². The summed E-state index contributed by atoms with van der Waals surface area (Å²) in [7, 11) is 0. The number of aromatic nitrogens is 4. The quantitative estimate of drug-likeness (QED) is 0.438. The third kappa shape index (κ3) is 3.86. The Morgan fingerprint density at radius 2 is 1.82 bits per heavy atom. The van der Waals surface area contributed by atoms with Gasteiger partial charge in [-0.25, -0.2) is 15.0 Å². The van der Waals surface area contributed by atoms with Crippen molar-refractivity contribution in [1.82, 2.24) is 24.8 Å². The second-order valence-electron chi connectivity index (χ2n) is 9.32. The lowest BCUT2D eigenvalue weighted by atomic mass is 10.0. The minimum atomic E-state index is 0.230. The molecule has 4 heterocycles. The molecule has 0 amide bonds. The van der Waals surface area contributed by atoms with E-state index in [4.69, 9.17) is 4.74 Å². The maximum Gasteiger partial charge on any atom is 0.182 e. The first-order valence-corrected chi connectivity index (χ1v) is 12.2. The first kappa shape index (κ1) is 21.3. The molecule has 1 unspecified atom stereocenters. The van der Waals surface area contributed by atoms with E-state index in [1.807, 2.05) is 0 Å². The summed E-state index contributed by atoms with van der Waals surface area (Å²) in [5.41, 5.74) is 2.86. The first-order chi connectivity index (χ1) is 16.8. The number of benzene rings is 2. The molecule has 2 N–H and O–H groups in total. The smallest absolute Gasteiger partial charge is 0.182 e. The van der Waals surface area contributed by atoms with Crippen LogP contribution in [0.1, 0.15) is 31.2 Å². The predicted octanol–water partition coefficient (Wildman–Crippen LogP) is 3.51. The number of nitrogens with one attached hydrogen (secondary N) is 1. The van der Waals surface area contributed by atoms with Crippen molar-refractivity contribution in [2.75, 3.05) is 31.2 Å². The van der Waals surface area contributed by atoms with Gasteiger partial charge in [-0.2, -0.15) is 0 Å². The van der Waals surface area contributed by atoms with Gasteiger partial charge in [0, 0.05) is 24.5 Å². The van der Waals surface area contributed by atoms with Crippen LogP contribution in [0.5, 0.6) is 5.75 Å². The zero-order valence-electron chi connectivity index (χ0n) is 19.2. The van der Waals surface area contributed by atoms with E-state index in [0.717, 1.165) is 67.8 Å². The standard InChI is InChI=1S/C26H30N6O2/c33-14-19-5-3-11-31(19)13-18-9-10-23(22-8-2-1-7-21(18)22)34-15-20-6-4-12-32(20)26-24-25(28-16-27-24)29-17-30-26/h1-2,7-10,16-17,19-20,33H,3-6,11-15H2,(H,27,28,29,30)/t19?,20-/m1/s1. The number of H-pyrrole nitrogens is 1. The number of fused-ring (bicyclic) bond motifs is 2. The Labute approximate surface area is 198 Å². The maximum absolute atomic E-state index is 9.72. The van der Waals surface area contributed by atoms with Gasteiger partial charge >= 0.3 is 0 Å². The van der Waals surface area contributed by atoms with Crippen molar-refractivity contribution in [2.24, 2.45) is 0 Å². The molecule has 0 aliphatic carbocycles. The van der Waals surface area contributed by atoms with Crippen molar-refractivity contribution in [2.45, 2.75) is 44.3 Å². The molecule has 2 fully saturated rings. The van der Waals surface area contributed by atoms with Gasteiger partial charge in [0.25, 0.3) is 0 Å². The highest BCUT2D eigenvalue weighted by atomic mass is 16.5. The molecule has 2 aromatic carbocycles. The van der Waals surface area contributed by atoms with Crippen molar-refractivity contribution in [3.05, 3.63) is 54.6 Å². The summed E-state index contributed by atoms with van der Waals surface area (Å²) in [6.45, 7) is 3.68. The number of aliphatic hydroxyl groups excluding tert-OH is 1. The molecular formula is C26H30N6O2. The average Bonchev–Trinajstić information content (AvgIpc) is 3.64. The second-order valence-corrected chi connectivity index (χ2v) is 9.32. The van der Waals surface area contributed by atoms with Crippen LogP contribution < -0.4 is 9.64 Å². The van der Waals surface area contributed by atoms with Gasteiger partial charge in [0.05, 0.1) is 19.0 Å². The van der Waals surface area contributed by atoms with Crippen LogP contribution in [0.3, 0.4) is 0 Å². The molecular weight excluding hydrogens is 428 g/mol. The highest BCUT2D eigenvalue weighted by molar-refractivity contribution is 5.91. The van der Waals surface area contributed by atoms with Gasteiger partial charge in [-0.3, -0.25) is 4.90 Å². The van der Waals surface area contributed by atoms with Gasteiger partial charge in [0.15, 0.2) is 11.5 Å². The lowest BCUT2D eigenvalue weighted by molar-refractivity contribution is 0.154. The number of likely N-dealkylation sites (tertiary alicyclic amines) is 1. The number of nitrogens with zero attached hydrogens (tertiary/aromatic N) is 5. The molecule has 4 aromatic rings. The number of ether oxygens (including phenoxy) is 1. The first-order valence-electron chi connectivity index (χ1n) is 12.2. The molecule has 2 saturated heterocycles. The maximum atomic E-state index is 9.72. The Hall–Kier alpha value is -3.23. The lowest BCUT2D eigenvalue weighted by Crippen LogP contribution is -2.35. The number of hydrogen-bond donors (Lipinski definition) is 2. The van der Waals surface area contributed by atoms with Gasteiger partial charge in [-0.15, -0.1) is 0 Å². The van der Waals surface area contributed by atoms with Gasteiger partial charge in [-0.1, -0.05) is 30.3 Å². The van der Waals surface area contributed by atoms with E-state index in [-0.39, 0.29) is 18.7 Å². The van der Waals surface area contributed by atoms with Crippen LogP contribution in [-0.2, 0) is 6.54 Å². The number of aliphatic hydroxyl groups is 1. The molecule has 8 nitrogen and oxygen atoms in total. The monoisotopic (exact) mass is 458 g/mol. The summed E-state index contributed by atoms with van der Waals surface area (Å²) in [5, 5.41) is 12.1. The zero-order chi connectivity index (χ0) is 22.9. The van der Waals surface area contributed by atoms with E-state index >= 15 is 0 Å². The summed E-state index contributed by atoms with van der Waals surface area (Å²) in [6, 6.07) is 13.3. The largest absolute Gasteiger partial charge is 0.491 e. The van der Waals surface area contributed by atoms with Gasteiger partial charge < -0.3 is 19.7 Å². The highest BCUT2D eigenvalue weighted by Crippen LogP contribution is 2.33. The molecule has 2 atom stereocenters. The van der Waals surface area contributed by atoms with E-state index in [0.29, 0.717) is 12.3 Å². The third-order valence-corrected chi connectivity index (χ3v) is 7.34. The van der Waals surface area contributed by atoms with Crippen LogP contribution in [0.2, 0.25) is 0 Å². The van der Waals surface area contributed by atoms with E-state index in [9.17, 15) is 5.11 Å². The molecule has 0 spiro atoms. The Kier molecular flexibility index (Phi) is 5.76. The number of aromatic amines is 1. The van der Waals surface area contributed by atoms with Gasteiger partial charge in [-0.05, 0) is 49.2 Å². The molecule has 6 rings (SSSR count). The van der Waals surface area contributed by atoms with E-state index in [1.54, 1.807) is 12.7 Å². The third-order valence-electron chi connectivity index (χ3n) is 7.34. The number of hydrogen-bond acceptors (Lipinski definition) is 7. The van der Waals surface area contributed by atoms with Crippen LogP contribution >= 0.6 is 0 Å². The molecule has 34 heavy (non-hydrogen) atoms. The Balaban J connectivity index is 1.22. The fourth-order valence-corrected chi connectivity index (χ4v) is 5.57. The molecule has 2 aliphatic rings. The van der Waals surface area contributed by atoms with Crippen molar-refractivity contribution < 1.29 is 9.84 Å². The molecule has 8 heteroatoms. The summed E-state index contributed by atoms with van der Waals surface area (Å²) in [5.74, 6) is 1.82. The van der Waals surface area contributed by atoms with Crippen LogP contribution in [0, 0.1) is 0 Å². The average molecular weight is 459 g/mol. The molecule has 0 saturated carbocycles. The lowest BCUT2D eigenvalue weighted by Gasteiger charge is -2.26. The van der Waals surface area contributed by atoms with E-state index in [2.05, 4.69) is 66.1 Å². The fraction of sp³-hybridized carbons (Fsp3) is 0.423. The van der Waals surface area contributed by atoms with Crippen LogP contribution in [0.15, 0.2) is 49.1 Å². The number of rotatable bonds is 7. The normalized spacial score (nSPS) is 21.1. The number of imidazole rings is 1. The second kappa shape index (κ2) is 9.19. The molecule has 2 aliphatic heterocycles. The zero-order valence-corrected chi connectivity index (χ0v) is 19.2. The van der Waals surface area contributed by atoms with E-state index < -0.39 is 0 Å². The van der Waals surface area contributed by atoms with E-state index in [1.165, 1.54) is 10.9 Å². The minimum absolute atomic E-state index is 0.230. The molecule has 176 valence electrons. The van der Waals surface area contributed by atoms with Crippen molar-refractivity contribution in [3.8, 4) is 5.75 Å².